The first-order valence-corrected chi connectivity index (χ1v) is 11.1. The zero-order valence-corrected chi connectivity index (χ0v) is 17.6. The minimum atomic E-state index is -0.944. The molecule has 3 rings (SSSR count). The first-order chi connectivity index (χ1) is 14.4. The highest BCUT2D eigenvalue weighted by atomic mass is 32.2. The number of thiazole rings is 1. The van der Waals surface area contributed by atoms with Crippen LogP contribution in [0.3, 0.4) is 0 Å². The van der Waals surface area contributed by atoms with Crippen LogP contribution in [0.2, 0.25) is 0 Å². The van der Waals surface area contributed by atoms with Crippen molar-refractivity contribution in [2.75, 3.05) is 32.0 Å². The lowest BCUT2D eigenvalue weighted by molar-refractivity contribution is -0.136. The number of nitrogens with one attached hydrogen (secondary N) is 1. The number of ether oxygens (including phenoxy) is 1. The topological polar surface area (TPSA) is 91.8 Å². The Balaban J connectivity index is 1.39. The fraction of sp³-hybridized carbons (Fsp3) is 0.421. The van der Waals surface area contributed by atoms with Gasteiger partial charge in [-0.3, -0.25) is 14.5 Å². The summed E-state index contributed by atoms with van der Waals surface area (Å²) in [6.45, 7) is 2.54. The second-order valence-electron chi connectivity index (χ2n) is 6.74. The average Bonchev–Trinajstić information content (AvgIpc) is 3.14. The van der Waals surface area contributed by atoms with E-state index in [1.165, 1.54) is 29.2 Å². The largest absolute Gasteiger partial charge is 0.481 e. The Labute approximate surface area is 180 Å². The van der Waals surface area contributed by atoms with Gasteiger partial charge in [0.25, 0.3) is 0 Å². The van der Waals surface area contributed by atoms with E-state index in [-0.39, 0.29) is 24.2 Å². The molecule has 0 unspecified atom stereocenters. The summed E-state index contributed by atoms with van der Waals surface area (Å²) in [6.07, 6.45) is -0.330. The van der Waals surface area contributed by atoms with Crippen molar-refractivity contribution in [1.82, 2.24) is 15.2 Å². The van der Waals surface area contributed by atoms with E-state index in [0.717, 1.165) is 6.07 Å². The SMILES string of the molecule is O=C(O)Cc1csc(SCC(=O)NC[C@H]2CN(Cc3ccc(F)c(F)c3)CCO2)n1. The van der Waals surface area contributed by atoms with Crippen molar-refractivity contribution in [2.45, 2.75) is 23.4 Å². The third-order valence-corrected chi connectivity index (χ3v) is 6.40. The second kappa shape index (κ2) is 10.8. The Morgan fingerprint density at radius 1 is 1.37 bits per heavy atom. The van der Waals surface area contributed by atoms with Gasteiger partial charge in [-0.1, -0.05) is 17.8 Å². The molecule has 0 saturated carbocycles. The molecule has 2 heterocycles. The Hall–Kier alpha value is -2.08. The number of carbonyl (C=O) groups is 2. The molecule has 2 N–H and O–H groups in total. The summed E-state index contributed by atoms with van der Waals surface area (Å²) >= 11 is 2.56. The molecule has 1 aliphatic rings. The van der Waals surface area contributed by atoms with Crippen molar-refractivity contribution < 1.29 is 28.2 Å². The van der Waals surface area contributed by atoms with E-state index in [0.29, 0.717) is 48.4 Å². The quantitative estimate of drug-likeness (QED) is 0.558. The Bertz CT molecular complexity index is 896. The van der Waals surface area contributed by atoms with Crippen LogP contribution in [0.15, 0.2) is 27.9 Å². The molecule has 1 saturated heterocycles. The van der Waals surface area contributed by atoms with E-state index >= 15 is 0 Å². The molecule has 30 heavy (non-hydrogen) atoms. The molecule has 11 heteroatoms. The zero-order chi connectivity index (χ0) is 21.5. The molecule has 1 fully saturated rings. The molecular formula is C19H21F2N3O4S2. The maximum Gasteiger partial charge on any atom is 0.309 e. The monoisotopic (exact) mass is 457 g/mol. The van der Waals surface area contributed by atoms with Crippen LogP contribution in [0, 0.1) is 11.6 Å². The lowest BCUT2D eigenvalue weighted by Crippen LogP contribution is -2.47. The summed E-state index contributed by atoms with van der Waals surface area (Å²) in [6, 6.07) is 3.87. The summed E-state index contributed by atoms with van der Waals surface area (Å²) in [7, 11) is 0. The van der Waals surface area contributed by atoms with Gasteiger partial charge in [-0.15, -0.1) is 11.3 Å². The van der Waals surface area contributed by atoms with E-state index in [1.54, 1.807) is 11.4 Å². The molecule has 1 aromatic carbocycles. The lowest BCUT2D eigenvalue weighted by Gasteiger charge is -2.33. The molecule has 2 aromatic rings. The minimum Gasteiger partial charge on any atom is -0.481 e. The number of hydrogen-bond donors (Lipinski definition) is 2. The molecular weight excluding hydrogens is 436 g/mol. The predicted octanol–water partition coefficient (Wildman–Crippen LogP) is 2.16. The number of carboxylic acid groups (broad SMARTS) is 1. The minimum absolute atomic E-state index is 0.136. The van der Waals surface area contributed by atoms with Crippen molar-refractivity contribution in [1.29, 1.82) is 0 Å². The van der Waals surface area contributed by atoms with Crippen molar-refractivity contribution in [3.63, 3.8) is 0 Å². The van der Waals surface area contributed by atoms with Gasteiger partial charge in [0.1, 0.15) is 0 Å². The predicted molar refractivity (Wildman–Crippen MR) is 109 cm³/mol. The van der Waals surface area contributed by atoms with Crippen LogP contribution < -0.4 is 5.32 Å². The molecule has 1 aromatic heterocycles. The Morgan fingerprint density at radius 3 is 2.97 bits per heavy atom. The molecule has 7 nitrogen and oxygen atoms in total. The first-order valence-electron chi connectivity index (χ1n) is 9.22. The third-order valence-electron chi connectivity index (χ3n) is 4.33. The van der Waals surface area contributed by atoms with Crippen LogP contribution in [-0.2, 0) is 27.3 Å². The first kappa shape index (κ1) is 22.6. The summed E-state index contributed by atoms with van der Waals surface area (Å²) in [5, 5.41) is 13.3. The maximum absolute atomic E-state index is 13.4. The van der Waals surface area contributed by atoms with E-state index in [2.05, 4.69) is 15.2 Å². The average molecular weight is 458 g/mol. The number of morpholine rings is 1. The number of aromatic nitrogens is 1. The summed E-state index contributed by atoms with van der Waals surface area (Å²) in [5.74, 6) is -2.67. The number of rotatable bonds is 9. The fourth-order valence-electron chi connectivity index (χ4n) is 2.94. The number of aliphatic carboxylic acids is 1. The van der Waals surface area contributed by atoms with Gasteiger partial charge in [-0.2, -0.15) is 0 Å². The molecule has 1 amide bonds. The summed E-state index contributed by atoms with van der Waals surface area (Å²) in [5.41, 5.74) is 1.16. The van der Waals surface area contributed by atoms with Crippen LogP contribution in [0.25, 0.3) is 0 Å². The van der Waals surface area contributed by atoms with Crippen LogP contribution >= 0.6 is 23.1 Å². The summed E-state index contributed by atoms with van der Waals surface area (Å²) in [4.78, 5) is 29.0. The number of thioether (sulfide) groups is 1. The second-order valence-corrected chi connectivity index (χ2v) is 8.82. The number of benzene rings is 1. The molecule has 1 atom stereocenters. The van der Waals surface area contributed by atoms with E-state index in [4.69, 9.17) is 9.84 Å². The van der Waals surface area contributed by atoms with Crippen molar-refractivity contribution in [3.8, 4) is 0 Å². The highest BCUT2D eigenvalue weighted by Crippen LogP contribution is 2.22. The normalized spacial score (nSPS) is 17.1. The number of halogens is 2. The van der Waals surface area contributed by atoms with Gasteiger partial charge in [0.05, 0.1) is 30.6 Å². The van der Waals surface area contributed by atoms with Gasteiger partial charge in [-0.25, -0.2) is 13.8 Å². The standard InChI is InChI=1S/C19H21F2N3O4S2/c20-15-2-1-12(5-16(15)21)8-24-3-4-28-14(9-24)7-22-17(25)11-30-19-23-13(10-29-19)6-18(26)27/h1-2,5,10,14H,3-4,6-9,11H2,(H,22,25)(H,26,27)/t14-/m0/s1. The van der Waals surface area contributed by atoms with Gasteiger partial charge in [0, 0.05) is 31.6 Å². The van der Waals surface area contributed by atoms with Gasteiger partial charge < -0.3 is 15.2 Å². The Kier molecular flexibility index (Phi) is 8.14. The molecule has 162 valence electrons. The molecule has 0 radical (unpaired) electrons. The number of carboxylic acids is 1. The van der Waals surface area contributed by atoms with Crippen LogP contribution in [0.4, 0.5) is 8.78 Å². The molecule has 0 bridgehead atoms. The highest BCUT2D eigenvalue weighted by molar-refractivity contribution is 8.01. The third kappa shape index (κ3) is 7.01. The number of hydrogen-bond acceptors (Lipinski definition) is 7. The van der Waals surface area contributed by atoms with Crippen LogP contribution in [0.1, 0.15) is 11.3 Å². The number of amides is 1. The number of nitrogens with zero attached hydrogens (tertiary/aromatic N) is 2. The van der Waals surface area contributed by atoms with E-state index < -0.39 is 17.6 Å². The number of carbonyl (C=O) groups excluding carboxylic acids is 1. The van der Waals surface area contributed by atoms with Crippen LogP contribution in [0.5, 0.6) is 0 Å². The van der Waals surface area contributed by atoms with Crippen LogP contribution in [-0.4, -0.2) is 65.0 Å². The van der Waals surface area contributed by atoms with Crippen molar-refractivity contribution in [2.24, 2.45) is 0 Å². The van der Waals surface area contributed by atoms with Crippen molar-refractivity contribution in [3.05, 3.63) is 46.5 Å². The van der Waals surface area contributed by atoms with Gasteiger partial charge in [0.15, 0.2) is 16.0 Å². The smallest absolute Gasteiger partial charge is 0.309 e. The Morgan fingerprint density at radius 2 is 2.20 bits per heavy atom. The maximum atomic E-state index is 13.4. The van der Waals surface area contributed by atoms with Gasteiger partial charge >= 0.3 is 5.97 Å². The molecule has 0 spiro atoms. The van der Waals surface area contributed by atoms with Crippen molar-refractivity contribution >= 4 is 35.0 Å². The fourth-order valence-corrected chi connectivity index (χ4v) is 4.62. The summed E-state index contributed by atoms with van der Waals surface area (Å²) < 4.78 is 32.8. The zero-order valence-electron chi connectivity index (χ0n) is 16.0. The van der Waals surface area contributed by atoms with E-state index in [9.17, 15) is 18.4 Å². The van der Waals surface area contributed by atoms with E-state index in [1.807, 2.05) is 0 Å². The molecule has 0 aliphatic carbocycles. The lowest BCUT2D eigenvalue weighted by atomic mass is 10.1. The molecule has 1 aliphatic heterocycles. The van der Waals surface area contributed by atoms with Gasteiger partial charge in [-0.05, 0) is 17.7 Å². The highest BCUT2D eigenvalue weighted by Gasteiger charge is 2.21. The van der Waals surface area contributed by atoms with Gasteiger partial charge in [0.2, 0.25) is 5.91 Å².